The van der Waals surface area contributed by atoms with Crippen LogP contribution in [-0.2, 0) is 4.79 Å². The molecule has 2 aliphatic rings. The molecule has 0 spiro atoms. The first-order valence-corrected chi connectivity index (χ1v) is 8.36. The smallest absolute Gasteiger partial charge is 0.277 e. The van der Waals surface area contributed by atoms with E-state index in [2.05, 4.69) is 15.5 Å². The Morgan fingerprint density at radius 1 is 1.40 bits per heavy atom. The maximum Gasteiger partial charge on any atom is 0.277 e. The number of aromatic nitrogens is 2. The first kappa shape index (κ1) is 13.9. The normalized spacial score (nSPS) is 28.2. The Balaban J connectivity index is 1.44. The van der Waals surface area contributed by atoms with Gasteiger partial charge in [0.05, 0.1) is 5.75 Å². The molecule has 6 heteroatoms. The maximum atomic E-state index is 12.0. The lowest BCUT2D eigenvalue weighted by Crippen LogP contribution is -2.39. The molecule has 3 rings (SSSR count). The Labute approximate surface area is 123 Å². The fourth-order valence-electron chi connectivity index (χ4n) is 3.31. The minimum absolute atomic E-state index is 0.0804. The average molecular weight is 295 g/mol. The van der Waals surface area contributed by atoms with E-state index in [-0.39, 0.29) is 11.8 Å². The average Bonchev–Trinajstić information content (AvgIpc) is 3.12. The molecule has 2 bridgehead atoms. The highest BCUT2D eigenvalue weighted by atomic mass is 32.2. The van der Waals surface area contributed by atoms with E-state index in [9.17, 15) is 4.79 Å². The highest BCUT2D eigenvalue weighted by molar-refractivity contribution is 7.99. The van der Waals surface area contributed by atoms with Gasteiger partial charge in [0.2, 0.25) is 11.8 Å². The van der Waals surface area contributed by atoms with Crippen molar-refractivity contribution >= 4 is 17.7 Å². The van der Waals surface area contributed by atoms with Crippen LogP contribution in [0.2, 0.25) is 0 Å². The Hall–Kier alpha value is -1.04. The van der Waals surface area contributed by atoms with Crippen LogP contribution in [0.15, 0.2) is 9.64 Å². The molecule has 2 fully saturated rings. The van der Waals surface area contributed by atoms with Gasteiger partial charge in [0.25, 0.3) is 5.22 Å². The van der Waals surface area contributed by atoms with E-state index in [1.165, 1.54) is 37.4 Å². The zero-order valence-corrected chi connectivity index (χ0v) is 12.8. The number of nitrogens with one attached hydrogen (secondary N) is 1. The van der Waals surface area contributed by atoms with Crippen LogP contribution >= 0.6 is 11.8 Å². The Morgan fingerprint density at radius 2 is 2.25 bits per heavy atom. The van der Waals surface area contributed by atoms with Crippen LogP contribution in [-0.4, -0.2) is 27.9 Å². The molecule has 5 nitrogen and oxygen atoms in total. The lowest BCUT2D eigenvalue weighted by Gasteiger charge is -2.22. The molecule has 0 unspecified atom stereocenters. The van der Waals surface area contributed by atoms with E-state index in [4.69, 9.17) is 4.42 Å². The molecule has 0 aliphatic heterocycles. The fourth-order valence-corrected chi connectivity index (χ4v) is 3.89. The summed E-state index contributed by atoms with van der Waals surface area (Å²) in [4.78, 5) is 12.0. The van der Waals surface area contributed by atoms with E-state index in [1.807, 2.05) is 13.8 Å². The number of nitrogens with zero attached hydrogens (tertiary/aromatic N) is 2. The summed E-state index contributed by atoms with van der Waals surface area (Å²) in [5.41, 5.74) is 0. The molecule has 0 saturated heterocycles. The SMILES string of the molecule is CC(C)c1nnc(SCC(=O)N[C@@H]2C[C@@H]3CC[C@@H]2C3)o1. The zero-order chi connectivity index (χ0) is 14.1. The number of carbonyl (C=O) groups is 1. The minimum atomic E-state index is 0.0804. The van der Waals surface area contributed by atoms with Gasteiger partial charge < -0.3 is 9.73 Å². The molecule has 1 aromatic heterocycles. The van der Waals surface area contributed by atoms with Crippen LogP contribution in [0.5, 0.6) is 0 Å². The van der Waals surface area contributed by atoms with Gasteiger partial charge in [-0.05, 0) is 31.1 Å². The van der Waals surface area contributed by atoms with Gasteiger partial charge in [0.15, 0.2) is 0 Å². The third kappa shape index (κ3) is 3.00. The second-order valence-electron chi connectivity index (χ2n) is 6.20. The largest absolute Gasteiger partial charge is 0.416 e. The van der Waals surface area contributed by atoms with Crippen LogP contribution in [0.1, 0.15) is 51.3 Å². The van der Waals surface area contributed by atoms with E-state index in [0.29, 0.717) is 28.8 Å². The lowest BCUT2D eigenvalue weighted by atomic mass is 9.95. The van der Waals surface area contributed by atoms with Gasteiger partial charge >= 0.3 is 0 Å². The second kappa shape index (κ2) is 5.76. The molecule has 1 heterocycles. The van der Waals surface area contributed by atoms with Gasteiger partial charge in [-0.15, -0.1) is 10.2 Å². The second-order valence-corrected chi connectivity index (χ2v) is 7.13. The predicted molar refractivity (Wildman–Crippen MR) is 76.5 cm³/mol. The number of thioether (sulfide) groups is 1. The number of carbonyl (C=O) groups excluding carboxylic acids is 1. The van der Waals surface area contributed by atoms with Crippen molar-refractivity contribution in [2.75, 3.05) is 5.75 Å². The molecule has 1 amide bonds. The van der Waals surface area contributed by atoms with Crippen LogP contribution < -0.4 is 5.32 Å². The molecule has 1 aromatic rings. The number of hydrogen-bond donors (Lipinski definition) is 1. The Kier molecular flexibility index (Phi) is 4.01. The van der Waals surface area contributed by atoms with Gasteiger partial charge in [0, 0.05) is 12.0 Å². The fraction of sp³-hybridized carbons (Fsp3) is 0.786. The van der Waals surface area contributed by atoms with Crippen molar-refractivity contribution in [1.29, 1.82) is 0 Å². The molecule has 0 radical (unpaired) electrons. The van der Waals surface area contributed by atoms with Crippen molar-refractivity contribution < 1.29 is 9.21 Å². The van der Waals surface area contributed by atoms with Gasteiger partial charge in [-0.1, -0.05) is 32.0 Å². The summed E-state index contributed by atoms with van der Waals surface area (Å²) in [6.07, 6.45) is 5.11. The predicted octanol–water partition coefficient (Wildman–Crippen LogP) is 2.59. The third-order valence-corrected chi connectivity index (χ3v) is 5.15. The number of amides is 1. The van der Waals surface area contributed by atoms with E-state index in [1.54, 1.807) is 0 Å². The van der Waals surface area contributed by atoms with Crippen LogP contribution in [0.25, 0.3) is 0 Å². The number of fused-ring (bicyclic) bond motifs is 2. The van der Waals surface area contributed by atoms with Crippen LogP contribution in [0.4, 0.5) is 0 Å². The molecule has 2 aliphatic carbocycles. The molecule has 0 aromatic carbocycles. The van der Waals surface area contributed by atoms with Crippen molar-refractivity contribution in [1.82, 2.24) is 15.5 Å². The molecular weight excluding hydrogens is 274 g/mol. The molecule has 3 atom stereocenters. The van der Waals surface area contributed by atoms with Gasteiger partial charge in [-0.25, -0.2) is 0 Å². The van der Waals surface area contributed by atoms with Crippen molar-refractivity contribution in [3.8, 4) is 0 Å². The van der Waals surface area contributed by atoms with Crippen LogP contribution in [0, 0.1) is 11.8 Å². The molecule has 20 heavy (non-hydrogen) atoms. The summed E-state index contributed by atoms with van der Waals surface area (Å²) < 4.78 is 5.48. The Bertz CT molecular complexity index is 489. The maximum absolute atomic E-state index is 12.0. The first-order valence-electron chi connectivity index (χ1n) is 7.37. The molecular formula is C14H21N3O2S. The quantitative estimate of drug-likeness (QED) is 0.846. The zero-order valence-electron chi connectivity index (χ0n) is 12.0. The van der Waals surface area contributed by atoms with Crippen molar-refractivity contribution in [2.45, 2.75) is 56.7 Å². The summed E-state index contributed by atoms with van der Waals surface area (Å²) in [6.45, 7) is 4.01. The van der Waals surface area contributed by atoms with Crippen LogP contribution in [0.3, 0.4) is 0 Å². The highest BCUT2D eigenvalue weighted by Gasteiger charge is 2.39. The molecule has 2 saturated carbocycles. The number of hydrogen-bond acceptors (Lipinski definition) is 5. The monoisotopic (exact) mass is 295 g/mol. The highest BCUT2D eigenvalue weighted by Crippen LogP contribution is 2.44. The van der Waals surface area contributed by atoms with Gasteiger partial charge in [-0.2, -0.15) is 0 Å². The summed E-state index contributed by atoms with van der Waals surface area (Å²) in [6, 6.07) is 0.399. The number of rotatable bonds is 5. The minimum Gasteiger partial charge on any atom is -0.416 e. The Morgan fingerprint density at radius 3 is 2.85 bits per heavy atom. The van der Waals surface area contributed by atoms with Gasteiger partial charge in [-0.3, -0.25) is 4.79 Å². The van der Waals surface area contributed by atoms with E-state index >= 15 is 0 Å². The van der Waals surface area contributed by atoms with E-state index in [0.717, 1.165) is 5.92 Å². The summed E-state index contributed by atoms with van der Waals surface area (Å²) >= 11 is 1.32. The lowest BCUT2D eigenvalue weighted by molar-refractivity contribution is -0.119. The summed E-state index contributed by atoms with van der Waals surface area (Å²) in [7, 11) is 0. The third-order valence-electron chi connectivity index (χ3n) is 4.33. The standard InChI is InChI=1S/C14H21N3O2S/c1-8(2)13-16-17-14(19-13)20-7-12(18)15-11-6-9-3-4-10(11)5-9/h8-11H,3-7H2,1-2H3,(H,15,18)/t9-,10-,11-/m1/s1. The van der Waals surface area contributed by atoms with Crippen molar-refractivity contribution in [3.63, 3.8) is 0 Å². The van der Waals surface area contributed by atoms with Crippen molar-refractivity contribution in [3.05, 3.63) is 5.89 Å². The van der Waals surface area contributed by atoms with E-state index < -0.39 is 0 Å². The topological polar surface area (TPSA) is 68.0 Å². The summed E-state index contributed by atoms with van der Waals surface area (Å²) in [5.74, 6) is 2.85. The summed E-state index contributed by atoms with van der Waals surface area (Å²) in [5, 5.41) is 11.5. The molecule has 1 N–H and O–H groups in total. The first-order chi connectivity index (χ1) is 9.61. The van der Waals surface area contributed by atoms with Gasteiger partial charge in [0.1, 0.15) is 0 Å². The molecule has 110 valence electrons. The van der Waals surface area contributed by atoms with Crippen molar-refractivity contribution in [2.24, 2.45) is 11.8 Å².